The average Bonchev–Trinajstić information content (AvgIpc) is 2.62. The number of nitrogens with one attached hydrogen (secondary N) is 1. The Bertz CT molecular complexity index is 469. The maximum atomic E-state index is 12.0. The Balaban J connectivity index is 1.84. The first-order valence-corrected chi connectivity index (χ1v) is 6.71. The van der Waals surface area contributed by atoms with Crippen molar-refractivity contribution in [3.8, 4) is 5.75 Å². The van der Waals surface area contributed by atoms with Crippen LogP contribution in [0.15, 0.2) is 16.6 Å². The average molecular weight is 296 g/mol. The van der Waals surface area contributed by atoms with Gasteiger partial charge in [-0.25, -0.2) is 0 Å². The lowest BCUT2D eigenvalue weighted by molar-refractivity contribution is -0.123. The van der Waals surface area contributed by atoms with E-state index in [1.165, 1.54) is 5.56 Å². The van der Waals surface area contributed by atoms with E-state index >= 15 is 0 Å². The molecule has 1 aromatic carbocycles. The lowest BCUT2D eigenvalue weighted by Gasteiger charge is -2.25. The van der Waals surface area contributed by atoms with Gasteiger partial charge in [0.2, 0.25) is 0 Å². The fraction of sp³-hybridized carbons (Fsp3) is 0.462. The molecule has 2 aliphatic rings. The van der Waals surface area contributed by atoms with E-state index < -0.39 is 0 Å². The maximum Gasteiger partial charge on any atom is 0.143 e. The molecule has 3 rings (SSSR count). The van der Waals surface area contributed by atoms with E-state index in [0.717, 1.165) is 41.9 Å². The summed E-state index contributed by atoms with van der Waals surface area (Å²) in [5.41, 5.74) is 2.25. The summed E-state index contributed by atoms with van der Waals surface area (Å²) in [4.78, 5) is 12.0. The van der Waals surface area contributed by atoms with E-state index in [2.05, 4.69) is 27.3 Å². The smallest absolute Gasteiger partial charge is 0.143 e. The molecule has 0 atom stereocenters. The van der Waals surface area contributed by atoms with Gasteiger partial charge in [-0.2, -0.15) is 0 Å². The van der Waals surface area contributed by atoms with E-state index in [4.69, 9.17) is 4.74 Å². The third-order valence-electron chi connectivity index (χ3n) is 3.43. The number of halogens is 1. The number of carbonyl (C=O) groups excluding carboxylic acids is 1. The number of ether oxygens (including phenoxy) is 1. The maximum absolute atomic E-state index is 12.0. The van der Waals surface area contributed by atoms with Gasteiger partial charge in [-0.15, -0.1) is 0 Å². The second-order valence-corrected chi connectivity index (χ2v) is 5.57. The Kier molecular flexibility index (Phi) is 2.92. The summed E-state index contributed by atoms with van der Waals surface area (Å²) in [5, 5.41) is 3.13. The summed E-state index contributed by atoms with van der Waals surface area (Å²) in [7, 11) is 0. The van der Waals surface area contributed by atoms with Crippen LogP contribution in [0.1, 0.15) is 11.1 Å². The molecular weight excluding hydrogens is 282 g/mol. The highest BCUT2D eigenvalue weighted by Crippen LogP contribution is 2.33. The van der Waals surface area contributed by atoms with Crippen LogP contribution in [-0.4, -0.2) is 25.5 Å². The Morgan fingerprint density at radius 1 is 1.47 bits per heavy atom. The molecule has 1 saturated heterocycles. The van der Waals surface area contributed by atoms with Gasteiger partial charge in [0.05, 0.1) is 6.61 Å². The molecule has 1 fully saturated rings. The highest BCUT2D eigenvalue weighted by Gasteiger charge is 2.27. The Hall–Kier alpha value is -0.870. The lowest BCUT2D eigenvalue weighted by atomic mass is 9.92. The molecule has 90 valence electrons. The minimum atomic E-state index is 0.200. The van der Waals surface area contributed by atoms with Gasteiger partial charge in [0.25, 0.3) is 0 Å². The van der Waals surface area contributed by atoms with Crippen LogP contribution < -0.4 is 10.1 Å². The number of fused-ring (bicyclic) bond motifs is 1. The first kappa shape index (κ1) is 11.2. The summed E-state index contributed by atoms with van der Waals surface area (Å²) in [6, 6.07) is 4.09. The molecule has 2 aliphatic heterocycles. The van der Waals surface area contributed by atoms with Crippen molar-refractivity contribution in [2.75, 3.05) is 19.7 Å². The van der Waals surface area contributed by atoms with Crippen molar-refractivity contribution in [3.63, 3.8) is 0 Å². The molecular formula is C13H14BrNO2. The van der Waals surface area contributed by atoms with Crippen molar-refractivity contribution >= 4 is 21.7 Å². The van der Waals surface area contributed by atoms with Crippen molar-refractivity contribution < 1.29 is 9.53 Å². The molecule has 0 aromatic heterocycles. The Labute approximate surface area is 109 Å². The van der Waals surface area contributed by atoms with E-state index in [9.17, 15) is 4.79 Å². The SMILES string of the molecule is O=C(Cc1cc(Br)cc2c1OCC2)C1CNC1. The fourth-order valence-electron chi connectivity index (χ4n) is 2.33. The molecule has 0 amide bonds. The first-order chi connectivity index (χ1) is 8.24. The summed E-state index contributed by atoms with van der Waals surface area (Å²) in [5.74, 6) is 1.46. The van der Waals surface area contributed by atoms with Crippen molar-refractivity contribution in [1.82, 2.24) is 5.32 Å². The van der Waals surface area contributed by atoms with Gasteiger partial charge >= 0.3 is 0 Å². The molecule has 17 heavy (non-hydrogen) atoms. The van der Waals surface area contributed by atoms with E-state index in [-0.39, 0.29) is 5.92 Å². The van der Waals surface area contributed by atoms with Crippen LogP contribution in [0, 0.1) is 5.92 Å². The van der Waals surface area contributed by atoms with E-state index in [1.807, 2.05) is 6.07 Å². The molecule has 0 spiro atoms. The molecule has 0 saturated carbocycles. The third kappa shape index (κ3) is 2.11. The van der Waals surface area contributed by atoms with Crippen molar-refractivity contribution in [3.05, 3.63) is 27.7 Å². The highest BCUT2D eigenvalue weighted by atomic mass is 79.9. The van der Waals surface area contributed by atoms with Crippen LogP contribution >= 0.6 is 15.9 Å². The standard InChI is InChI=1S/C13H14BrNO2/c14-11-3-8-1-2-17-13(8)9(4-11)5-12(16)10-6-15-7-10/h3-4,10,15H,1-2,5-7H2. The number of ketones is 1. The normalized spacial score (nSPS) is 18.4. The second-order valence-electron chi connectivity index (χ2n) is 4.65. The zero-order valence-electron chi connectivity index (χ0n) is 9.46. The van der Waals surface area contributed by atoms with E-state index in [1.54, 1.807) is 0 Å². The minimum absolute atomic E-state index is 0.200. The molecule has 0 radical (unpaired) electrons. The predicted molar refractivity (Wildman–Crippen MR) is 68.4 cm³/mol. The van der Waals surface area contributed by atoms with Crippen LogP contribution in [-0.2, 0) is 17.6 Å². The molecule has 4 heteroatoms. The lowest BCUT2D eigenvalue weighted by Crippen LogP contribution is -2.47. The largest absolute Gasteiger partial charge is 0.493 e. The molecule has 3 nitrogen and oxygen atoms in total. The van der Waals surface area contributed by atoms with Crippen molar-refractivity contribution in [1.29, 1.82) is 0 Å². The summed E-state index contributed by atoms with van der Waals surface area (Å²) in [6.07, 6.45) is 1.44. The predicted octanol–water partition coefficient (Wildman–Crippen LogP) is 1.71. The molecule has 0 unspecified atom stereocenters. The van der Waals surface area contributed by atoms with Gasteiger partial charge in [-0.1, -0.05) is 15.9 Å². The van der Waals surface area contributed by atoms with Crippen molar-refractivity contribution in [2.45, 2.75) is 12.8 Å². The van der Waals surface area contributed by atoms with Crippen LogP contribution in [0.3, 0.4) is 0 Å². The third-order valence-corrected chi connectivity index (χ3v) is 3.88. The monoisotopic (exact) mass is 295 g/mol. The number of carbonyl (C=O) groups is 1. The summed E-state index contributed by atoms with van der Waals surface area (Å²) < 4.78 is 6.67. The van der Waals surface area contributed by atoms with Gasteiger partial charge in [0.1, 0.15) is 11.5 Å². The number of benzene rings is 1. The number of rotatable bonds is 3. The van der Waals surface area contributed by atoms with Crippen LogP contribution in [0.4, 0.5) is 0 Å². The Morgan fingerprint density at radius 2 is 2.29 bits per heavy atom. The van der Waals surface area contributed by atoms with Gasteiger partial charge in [-0.3, -0.25) is 4.79 Å². The van der Waals surface area contributed by atoms with Crippen LogP contribution in [0.2, 0.25) is 0 Å². The molecule has 0 aliphatic carbocycles. The molecule has 0 bridgehead atoms. The van der Waals surface area contributed by atoms with Crippen LogP contribution in [0.5, 0.6) is 5.75 Å². The molecule has 2 heterocycles. The van der Waals surface area contributed by atoms with Crippen molar-refractivity contribution in [2.24, 2.45) is 5.92 Å². The summed E-state index contributed by atoms with van der Waals surface area (Å²) >= 11 is 3.49. The van der Waals surface area contributed by atoms with Gasteiger partial charge in [0, 0.05) is 41.9 Å². The minimum Gasteiger partial charge on any atom is -0.493 e. The summed E-state index contributed by atoms with van der Waals surface area (Å²) in [6.45, 7) is 2.39. The van der Waals surface area contributed by atoms with Gasteiger partial charge in [-0.05, 0) is 17.7 Å². The first-order valence-electron chi connectivity index (χ1n) is 5.91. The van der Waals surface area contributed by atoms with Crippen LogP contribution in [0.25, 0.3) is 0 Å². The van der Waals surface area contributed by atoms with Gasteiger partial charge < -0.3 is 10.1 Å². The molecule has 1 N–H and O–H groups in total. The zero-order valence-corrected chi connectivity index (χ0v) is 11.0. The Morgan fingerprint density at radius 3 is 3.00 bits per heavy atom. The quantitative estimate of drug-likeness (QED) is 0.923. The number of hydrogen-bond donors (Lipinski definition) is 1. The topological polar surface area (TPSA) is 38.3 Å². The highest BCUT2D eigenvalue weighted by molar-refractivity contribution is 9.10. The van der Waals surface area contributed by atoms with Gasteiger partial charge in [0.15, 0.2) is 0 Å². The number of hydrogen-bond acceptors (Lipinski definition) is 3. The van der Waals surface area contributed by atoms with E-state index in [0.29, 0.717) is 12.2 Å². The second kappa shape index (κ2) is 4.42. The number of Topliss-reactive ketones (excluding diaryl/α,β-unsaturated/α-hetero) is 1. The zero-order chi connectivity index (χ0) is 11.8. The molecule has 1 aromatic rings. The fourth-order valence-corrected chi connectivity index (χ4v) is 2.88.